The van der Waals surface area contributed by atoms with Crippen molar-refractivity contribution in [2.45, 2.75) is 4.90 Å². The number of hydrogen-bond donors (Lipinski definition) is 3. The molecule has 2 rings (SSSR count). The number of benzene rings is 2. The van der Waals surface area contributed by atoms with E-state index >= 15 is 0 Å². The van der Waals surface area contributed by atoms with Gasteiger partial charge in [-0.15, -0.1) is 0 Å². The van der Waals surface area contributed by atoms with Crippen LogP contribution < -0.4 is 16.2 Å². The molecule has 0 saturated carbocycles. The molecule has 3 amide bonds. The van der Waals surface area contributed by atoms with E-state index in [0.717, 1.165) is 4.31 Å². The van der Waals surface area contributed by atoms with Gasteiger partial charge in [0.2, 0.25) is 10.0 Å². The summed E-state index contributed by atoms with van der Waals surface area (Å²) in [6.07, 6.45) is 0. The maximum absolute atomic E-state index is 12.1. The largest absolute Gasteiger partial charge is 0.343 e. The predicted octanol–water partition coefficient (Wildman–Crippen LogP) is 0.781. The lowest BCUT2D eigenvalue weighted by molar-refractivity contribution is -0.120. The summed E-state index contributed by atoms with van der Waals surface area (Å²) in [6.45, 7) is -0.391. The van der Waals surface area contributed by atoms with E-state index in [1.54, 1.807) is 0 Å². The fourth-order valence-corrected chi connectivity index (χ4v) is 3.12. The van der Waals surface area contributed by atoms with Crippen molar-refractivity contribution in [2.24, 2.45) is 0 Å². The highest BCUT2D eigenvalue weighted by Gasteiger charge is 2.17. The van der Waals surface area contributed by atoms with Crippen molar-refractivity contribution in [3.8, 4) is 0 Å². The minimum Gasteiger partial charge on any atom is -0.343 e. The summed E-state index contributed by atoms with van der Waals surface area (Å²) < 4.78 is 25.1. The van der Waals surface area contributed by atoms with E-state index < -0.39 is 34.3 Å². The van der Waals surface area contributed by atoms with Crippen LogP contribution in [-0.4, -0.2) is 51.1 Å². The summed E-state index contributed by atoms with van der Waals surface area (Å²) in [5.74, 6) is -1.76. The van der Waals surface area contributed by atoms with Gasteiger partial charge in [0.1, 0.15) is 0 Å². The summed E-state index contributed by atoms with van der Waals surface area (Å²) >= 11 is 5.74. The number of nitrogens with zero attached hydrogens (tertiary/aromatic N) is 1. The van der Waals surface area contributed by atoms with Crippen molar-refractivity contribution in [3.05, 3.63) is 64.7 Å². The van der Waals surface area contributed by atoms with E-state index in [0.29, 0.717) is 10.6 Å². The number of hydrazine groups is 1. The van der Waals surface area contributed by atoms with Gasteiger partial charge in [-0.2, -0.15) is 0 Å². The van der Waals surface area contributed by atoms with Crippen LogP contribution in [0.1, 0.15) is 20.7 Å². The van der Waals surface area contributed by atoms with E-state index in [4.69, 9.17) is 11.6 Å². The molecule has 0 fully saturated rings. The van der Waals surface area contributed by atoms with Gasteiger partial charge >= 0.3 is 0 Å². The lowest BCUT2D eigenvalue weighted by Gasteiger charge is -2.12. The number of carbonyl (C=O) groups excluding carboxylic acids is 3. The fraction of sp³-hybridized carbons (Fsp3) is 0.167. The second-order valence-electron chi connectivity index (χ2n) is 6.00. The molecular formula is C18H19ClN4O5S. The zero-order chi connectivity index (χ0) is 21.6. The van der Waals surface area contributed by atoms with Gasteiger partial charge in [-0.25, -0.2) is 12.7 Å². The third-order valence-electron chi connectivity index (χ3n) is 3.73. The monoisotopic (exact) mass is 438 g/mol. The van der Waals surface area contributed by atoms with E-state index in [1.165, 1.54) is 62.6 Å². The molecule has 29 heavy (non-hydrogen) atoms. The van der Waals surface area contributed by atoms with Crippen molar-refractivity contribution in [1.82, 2.24) is 20.5 Å². The number of sulfonamides is 1. The molecule has 0 atom stereocenters. The number of hydrogen-bond acceptors (Lipinski definition) is 5. The molecule has 0 aromatic heterocycles. The average Bonchev–Trinajstić information content (AvgIpc) is 2.70. The Bertz CT molecular complexity index is 1010. The molecule has 154 valence electrons. The van der Waals surface area contributed by atoms with Crippen molar-refractivity contribution >= 4 is 39.3 Å². The molecule has 0 heterocycles. The zero-order valence-electron chi connectivity index (χ0n) is 15.6. The minimum absolute atomic E-state index is 0.0432. The lowest BCUT2D eigenvalue weighted by Crippen LogP contribution is -2.46. The first kappa shape index (κ1) is 22.3. The van der Waals surface area contributed by atoms with Crippen LogP contribution in [0.4, 0.5) is 0 Å². The van der Waals surface area contributed by atoms with Gasteiger partial charge in [0, 0.05) is 30.2 Å². The molecule has 11 heteroatoms. The third kappa shape index (κ3) is 6.01. The quantitative estimate of drug-likeness (QED) is 0.575. The smallest absolute Gasteiger partial charge is 0.269 e. The van der Waals surface area contributed by atoms with Gasteiger partial charge in [0.15, 0.2) is 0 Å². The molecule has 2 aromatic carbocycles. The number of nitrogens with one attached hydrogen (secondary N) is 3. The average molecular weight is 439 g/mol. The molecule has 0 aliphatic carbocycles. The van der Waals surface area contributed by atoms with Crippen LogP contribution in [0, 0.1) is 0 Å². The van der Waals surface area contributed by atoms with Gasteiger partial charge in [-0.1, -0.05) is 11.6 Å². The molecule has 0 saturated heterocycles. The summed E-state index contributed by atoms with van der Waals surface area (Å²) in [5, 5.41) is 2.84. The molecule has 0 spiro atoms. The SMILES string of the molecule is CN(C)S(=O)(=O)c1ccc(C(=O)NCC(=O)NNC(=O)c2ccc(Cl)cc2)cc1. The van der Waals surface area contributed by atoms with Crippen molar-refractivity contribution < 1.29 is 22.8 Å². The number of amides is 3. The molecular weight excluding hydrogens is 420 g/mol. The highest BCUT2D eigenvalue weighted by Crippen LogP contribution is 2.14. The Morgan fingerprint density at radius 1 is 0.862 bits per heavy atom. The van der Waals surface area contributed by atoms with Crippen molar-refractivity contribution in [3.63, 3.8) is 0 Å². The van der Waals surface area contributed by atoms with Crippen molar-refractivity contribution in [2.75, 3.05) is 20.6 Å². The molecule has 3 N–H and O–H groups in total. The molecule has 0 radical (unpaired) electrons. The Kier molecular flexibility index (Phi) is 7.32. The van der Waals surface area contributed by atoms with Crippen LogP contribution in [0.25, 0.3) is 0 Å². The van der Waals surface area contributed by atoms with Crippen LogP contribution in [0.3, 0.4) is 0 Å². The van der Waals surface area contributed by atoms with E-state index in [2.05, 4.69) is 16.2 Å². The Hall–Kier alpha value is -2.95. The molecule has 0 bridgehead atoms. The third-order valence-corrected chi connectivity index (χ3v) is 5.81. The van der Waals surface area contributed by atoms with E-state index in [-0.39, 0.29) is 10.5 Å². The molecule has 9 nitrogen and oxygen atoms in total. The lowest BCUT2D eigenvalue weighted by atomic mass is 10.2. The number of halogens is 1. The van der Waals surface area contributed by atoms with E-state index in [9.17, 15) is 22.8 Å². The highest BCUT2D eigenvalue weighted by molar-refractivity contribution is 7.89. The first-order chi connectivity index (χ1) is 13.6. The maximum Gasteiger partial charge on any atom is 0.269 e. The first-order valence-electron chi connectivity index (χ1n) is 8.27. The van der Waals surface area contributed by atoms with E-state index in [1.807, 2.05) is 0 Å². The van der Waals surface area contributed by atoms with Crippen LogP contribution in [0.15, 0.2) is 53.4 Å². The summed E-state index contributed by atoms with van der Waals surface area (Å²) in [4.78, 5) is 35.8. The van der Waals surface area contributed by atoms with Crippen LogP contribution in [0.5, 0.6) is 0 Å². The standard InChI is InChI=1S/C18H19ClN4O5S/c1-23(2)29(27,28)15-9-5-12(6-10-15)17(25)20-11-16(24)21-22-18(26)13-3-7-14(19)8-4-13/h3-10H,11H2,1-2H3,(H,20,25)(H,21,24)(H,22,26). The molecule has 0 unspecified atom stereocenters. The van der Waals surface area contributed by atoms with Gasteiger partial charge < -0.3 is 5.32 Å². The molecule has 0 aliphatic heterocycles. The van der Waals surface area contributed by atoms with Crippen molar-refractivity contribution in [1.29, 1.82) is 0 Å². The summed E-state index contributed by atoms with van der Waals surface area (Å²) in [6, 6.07) is 11.3. The summed E-state index contributed by atoms with van der Waals surface area (Å²) in [7, 11) is -0.790. The number of rotatable bonds is 6. The minimum atomic E-state index is -3.60. The van der Waals surface area contributed by atoms with Gasteiger partial charge in [0.25, 0.3) is 17.7 Å². The zero-order valence-corrected chi connectivity index (χ0v) is 17.2. The predicted molar refractivity (Wildman–Crippen MR) is 107 cm³/mol. The Balaban J connectivity index is 1.84. The van der Waals surface area contributed by atoms with Gasteiger partial charge in [-0.05, 0) is 48.5 Å². The topological polar surface area (TPSA) is 125 Å². The Morgan fingerprint density at radius 3 is 1.93 bits per heavy atom. The maximum atomic E-state index is 12.1. The fourth-order valence-electron chi connectivity index (χ4n) is 2.10. The second-order valence-corrected chi connectivity index (χ2v) is 8.59. The van der Waals surface area contributed by atoms with Crippen LogP contribution in [-0.2, 0) is 14.8 Å². The normalized spacial score (nSPS) is 11.0. The Labute approximate surface area is 173 Å². The van der Waals surface area contributed by atoms with Gasteiger partial charge in [-0.3, -0.25) is 25.2 Å². The molecule has 2 aromatic rings. The van der Waals surface area contributed by atoms with Crippen LogP contribution in [0.2, 0.25) is 5.02 Å². The van der Waals surface area contributed by atoms with Gasteiger partial charge in [0.05, 0.1) is 11.4 Å². The molecule has 0 aliphatic rings. The summed E-state index contributed by atoms with van der Waals surface area (Å²) in [5.41, 5.74) is 4.86. The second kappa shape index (κ2) is 9.50. The highest BCUT2D eigenvalue weighted by atomic mass is 35.5. The first-order valence-corrected chi connectivity index (χ1v) is 10.1. The Morgan fingerprint density at radius 2 is 1.38 bits per heavy atom. The van der Waals surface area contributed by atoms with Crippen LogP contribution >= 0.6 is 11.6 Å². The number of carbonyl (C=O) groups is 3.